The number of hydrogen-bond donors (Lipinski definition) is 3. The number of amides is 4. The summed E-state index contributed by atoms with van der Waals surface area (Å²) in [5.41, 5.74) is 4.57. The molecule has 0 aliphatic carbocycles. The molecule has 9 nitrogen and oxygen atoms in total. The predicted molar refractivity (Wildman–Crippen MR) is 96.4 cm³/mol. The molecule has 4 atom stereocenters. The van der Waals surface area contributed by atoms with Crippen LogP contribution in [-0.2, 0) is 29.5 Å². The number of benzene rings is 1. The quantitative estimate of drug-likeness (QED) is 0.492. The van der Waals surface area contributed by atoms with E-state index in [0.717, 1.165) is 4.90 Å². The molecule has 0 saturated carbocycles. The summed E-state index contributed by atoms with van der Waals surface area (Å²) in [7, 11) is 1.46. The van der Waals surface area contributed by atoms with Crippen LogP contribution in [0.15, 0.2) is 18.2 Å². The van der Waals surface area contributed by atoms with E-state index in [1.54, 1.807) is 5.32 Å². The Balaban J connectivity index is 1.81. The molecule has 1 aromatic carbocycles. The van der Waals surface area contributed by atoms with Gasteiger partial charge in [-0.3, -0.25) is 24.1 Å². The number of imide groups is 1. The Kier molecular flexibility index (Phi) is 4.62. The molecule has 1 spiro atoms. The number of methoxy groups -OCH3 is 1. The first-order chi connectivity index (χ1) is 13.8. The number of carbonyl (C=O) groups excluding carboxylic acids is 4. The molecule has 0 bridgehead atoms. The largest absolute Gasteiger partial charge is 0.383 e. The van der Waals surface area contributed by atoms with Crippen molar-refractivity contribution < 1.29 is 33.6 Å². The van der Waals surface area contributed by atoms with E-state index in [1.807, 2.05) is 0 Å². The number of ether oxygens (including phenoxy) is 1. The zero-order valence-electron chi connectivity index (χ0n) is 15.8. The molecule has 10 heteroatoms. The molecule has 2 fully saturated rings. The average molecular weight is 405 g/mol. The van der Waals surface area contributed by atoms with Gasteiger partial charge in [0.2, 0.25) is 23.3 Å². The van der Waals surface area contributed by atoms with E-state index in [-0.39, 0.29) is 26.0 Å². The van der Waals surface area contributed by atoms with Crippen molar-refractivity contribution in [3.05, 3.63) is 29.6 Å². The highest BCUT2D eigenvalue weighted by Gasteiger charge is 2.74. The second kappa shape index (κ2) is 6.89. The van der Waals surface area contributed by atoms with Crippen molar-refractivity contribution >= 4 is 29.3 Å². The number of rotatable bonds is 6. The first kappa shape index (κ1) is 19.5. The number of nitrogens with zero attached hydrogens (tertiary/aromatic N) is 1. The van der Waals surface area contributed by atoms with Gasteiger partial charge in [0.15, 0.2) is 0 Å². The summed E-state index contributed by atoms with van der Waals surface area (Å²) in [6.45, 7) is 0.231. The standard InChI is InChI=1S/C19H21FN4O5/c1-29-7-6-24-16(26)14-12(4-5-13(21)25)23-19(15(14)17(24)27)10-8-9(20)2-3-11(10)22-18(19)28/h2-3,8,12,14-15,23H,4-7H2,1H3,(H2,21,25)(H,22,28)/p+1/t12-,14-,15+,19+/m1/s1. The van der Waals surface area contributed by atoms with Crippen LogP contribution in [0.25, 0.3) is 0 Å². The van der Waals surface area contributed by atoms with E-state index in [1.165, 1.54) is 25.3 Å². The third-order valence-corrected chi connectivity index (χ3v) is 6.17. The molecule has 0 radical (unpaired) electrons. The SMILES string of the molecule is COCCN1C(=O)[C@H]2[C@@H](C1=O)[C@]1([NH2+][C@@H]2CCC(N)=O)C(=O)Nc2ccc(F)cc21. The second-order valence-corrected chi connectivity index (χ2v) is 7.67. The van der Waals surface area contributed by atoms with Crippen molar-refractivity contribution in [2.24, 2.45) is 17.6 Å². The van der Waals surface area contributed by atoms with E-state index in [0.29, 0.717) is 11.3 Å². The lowest BCUT2D eigenvalue weighted by Crippen LogP contribution is -2.99. The highest BCUT2D eigenvalue weighted by Crippen LogP contribution is 2.49. The van der Waals surface area contributed by atoms with Gasteiger partial charge in [-0.05, 0) is 18.2 Å². The first-order valence-corrected chi connectivity index (χ1v) is 9.41. The average Bonchev–Trinajstić information content (AvgIpc) is 3.24. The summed E-state index contributed by atoms with van der Waals surface area (Å²) >= 11 is 0. The Bertz CT molecular complexity index is 922. The topological polar surface area (TPSA) is 135 Å². The van der Waals surface area contributed by atoms with E-state index in [2.05, 4.69) is 5.32 Å². The fourth-order valence-corrected chi connectivity index (χ4v) is 4.97. The van der Waals surface area contributed by atoms with E-state index in [4.69, 9.17) is 10.5 Å². The van der Waals surface area contributed by atoms with Crippen molar-refractivity contribution in [2.45, 2.75) is 24.4 Å². The Hall–Kier alpha value is -2.85. The van der Waals surface area contributed by atoms with Crippen molar-refractivity contribution in [1.29, 1.82) is 0 Å². The van der Waals surface area contributed by atoms with Crippen LogP contribution in [0, 0.1) is 17.7 Å². The van der Waals surface area contributed by atoms with Gasteiger partial charge in [0, 0.05) is 25.5 Å². The van der Waals surface area contributed by atoms with Gasteiger partial charge in [0.05, 0.1) is 18.8 Å². The van der Waals surface area contributed by atoms with Crippen LogP contribution in [0.5, 0.6) is 0 Å². The molecule has 0 unspecified atom stereocenters. The fraction of sp³-hybridized carbons (Fsp3) is 0.474. The van der Waals surface area contributed by atoms with Crippen molar-refractivity contribution in [2.75, 3.05) is 25.6 Å². The maximum Gasteiger partial charge on any atom is 0.291 e. The fourth-order valence-electron chi connectivity index (χ4n) is 4.97. The van der Waals surface area contributed by atoms with Crippen molar-refractivity contribution in [3.63, 3.8) is 0 Å². The van der Waals surface area contributed by atoms with Crippen LogP contribution < -0.4 is 16.4 Å². The van der Waals surface area contributed by atoms with Crippen LogP contribution >= 0.6 is 0 Å². The summed E-state index contributed by atoms with van der Waals surface area (Å²) in [6, 6.07) is 3.38. The van der Waals surface area contributed by atoms with Gasteiger partial charge in [-0.25, -0.2) is 4.39 Å². The summed E-state index contributed by atoms with van der Waals surface area (Å²) in [4.78, 5) is 51.9. The summed E-state index contributed by atoms with van der Waals surface area (Å²) in [5, 5.41) is 4.36. The third-order valence-electron chi connectivity index (χ3n) is 6.17. The third kappa shape index (κ3) is 2.74. The number of anilines is 1. The van der Waals surface area contributed by atoms with E-state index >= 15 is 0 Å². The highest BCUT2D eigenvalue weighted by molar-refractivity contribution is 6.13. The molecule has 3 heterocycles. The predicted octanol–water partition coefficient (Wildman–Crippen LogP) is -1.57. The van der Waals surface area contributed by atoms with Gasteiger partial charge >= 0.3 is 0 Å². The second-order valence-electron chi connectivity index (χ2n) is 7.67. The van der Waals surface area contributed by atoms with Gasteiger partial charge in [-0.2, -0.15) is 0 Å². The van der Waals surface area contributed by atoms with E-state index in [9.17, 15) is 23.6 Å². The number of nitrogens with two attached hydrogens (primary N) is 2. The normalized spacial score (nSPS) is 30.1. The smallest absolute Gasteiger partial charge is 0.291 e. The minimum Gasteiger partial charge on any atom is -0.383 e. The number of quaternary nitrogens is 1. The Morgan fingerprint density at radius 1 is 1.34 bits per heavy atom. The van der Waals surface area contributed by atoms with Gasteiger partial charge in [0.25, 0.3) is 5.91 Å². The molecular weight excluding hydrogens is 383 g/mol. The Morgan fingerprint density at radius 3 is 2.79 bits per heavy atom. The molecule has 1 aromatic rings. The molecule has 29 heavy (non-hydrogen) atoms. The number of nitrogens with one attached hydrogen (secondary N) is 1. The van der Waals surface area contributed by atoms with Crippen LogP contribution in [0.3, 0.4) is 0 Å². The lowest BCUT2D eigenvalue weighted by molar-refractivity contribution is -0.734. The minimum absolute atomic E-state index is 0.0115. The molecule has 2 saturated heterocycles. The maximum absolute atomic E-state index is 14.0. The minimum atomic E-state index is -1.46. The molecule has 0 aromatic heterocycles. The van der Waals surface area contributed by atoms with Crippen molar-refractivity contribution in [1.82, 2.24) is 4.90 Å². The summed E-state index contributed by atoms with van der Waals surface area (Å²) in [6.07, 6.45) is 0.241. The van der Waals surface area contributed by atoms with E-state index < -0.39 is 52.9 Å². The van der Waals surface area contributed by atoms with Crippen LogP contribution in [0.1, 0.15) is 18.4 Å². The number of hydrogen-bond acceptors (Lipinski definition) is 5. The highest BCUT2D eigenvalue weighted by atomic mass is 19.1. The maximum atomic E-state index is 14.0. The molecule has 154 valence electrons. The monoisotopic (exact) mass is 405 g/mol. The Labute approximate surface area is 165 Å². The van der Waals surface area contributed by atoms with Crippen molar-refractivity contribution in [3.8, 4) is 0 Å². The molecule has 5 N–H and O–H groups in total. The molecule has 3 aliphatic heterocycles. The molecular formula is C19H22FN4O5+. The van der Waals surface area contributed by atoms with Gasteiger partial charge in [-0.1, -0.05) is 0 Å². The van der Waals surface area contributed by atoms with Crippen LogP contribution in [0.2, 0.25) is 0 Å². The Morgan fingerprint density at radius 2 is 2.10 bits per heavy atom. The molecule has 4 rings (SSSR count). The first-order valence-electron chi connectivity index (χ1n) is 9.41. The number of primary amides is 1. The zero-order chi connectivity index (χ0) is 20.9. The lowest BCUT2D eigenvalue weighted by atomic mass is 9.76. The molecule has 4 amide bonds. The zero-order valence-corrected chi connectivity index (χ0v) is 15.8. The summed E-state index contributed by atoms with van der Waals surface area (Å²) < 4.78 is 19.0. The van der Waals surface area contributed by atoms with Crippen LogP contribution in [-0.4, -0.2) is 54.8 Å². The van der Waals surface area contributed by atoms with Gasteiger partial charge < -0.3 is 21.1 Å². The molecule has 3 aliphatic rings. The van der Waals surface area contributed by atoms with Crippen LogP contribution in [0.4, 0.5) is 10.1 Å². The number of likely N-dealkylation sites (tertiary alicyclic amines) is 1. The number of carbonyl (C=O) groups is 4. The lowest BCUT2D eigenvalue weighted by Gasteiger charge is -2.26. The summed E-state index contributed by atoms with van der Waals surface area (Å²) in [5.74, 6) is -4.24. The van der Waals surface area contributed by atoms with Gasteiger partial charge in [0.1, 0.15) is 23.7 Å². The number of halogens is 1. The van der Waals surface area contributed by atoms with Gasteiger partial charge in [-0.15, -0.1) is 0 Å². The number of fused-ring (bicyclic) bond motifs is 4.